The Balaban J connectivity index is 1.59. The van der Waals surface area contributed by atoms with Gasteiger partial charge in [-0.05, 0) is 35.9 Å². The lowest BCUT2D eigenvalue weighted by molar-refractivity contribution is -0.137. The summed E-state index contributed by atoms with van der Waals surface area (Å²) < 4.78 is 38.5. The van der Waals surface area contributed by atoms with Crippen LogP contribution in [0.15, 0.2) is 48.5 Å². The Morgan fingerprint density at radius 1 is 0.960 bits per heavy atom. The highest BCUT2D eigenvalue weighted by molar-refractivity contribution is 5.49. The lowest BCUT2D eigenvalue weighted by Gasteiger charge is -2.36. The number of hydrogen-bond acceptors (Lipinski definition) is 3. The molecule has 0 amide bonds. The summed E-state index contributed by atoms with van der Waals surface area (Å²) in [7, 11) is 0. The van der Waals surface area contributed by atoms with Crippen LogP contribution in [0.2, 0.25) is 0 Å². The van der Waals surface area contributed by atoms with Crippen LogP contribution in [-0.2, 0) is 12.7 Å². The Hall–Kier alpha value is -2.52. The molecule has 0 bridgehead atoms. The van der Waals surface area contributed by atoms with E-state index in [-0.39, 0.29) is 0 Å². The zero-order valence-corrected chi connectivity index (χ0v) is 13.6. The van der Waals surface area contributed by atoms with E-state index >= 15 is 0 Å². The molecule has 3 rings (SSSR count). The lowest BCUT2D eigenvalue weighted by atomic mass is 10.1. The molecule has 2 aromatic rings. The standard InChI is InChI=1S/C19H18F3N3/c20-19(21,22)17-2-1-3-18(12-17)25-10-8-24(9-11-25)14-16-6-4-15(13-23)5-7-16/h1-7,12H,8-11,14H2. The van der Waals surface area contributed by atoms with Gasteiger partial charge in [-0.2, -0.15) is 18.4 Å². The highest BCUT2D eigenvalue weighted by Gasteiger charge is 2.31. The van der Waals surface area contributed by atoms with Crippen molar-refractivity contribution in [2.75, 3.05) is 31.1 Å². The zero-order chi connectivity index (χ0) is 17.9. The second kappa shape index (κ2) is 7.16. The first-order valence-electron chi connectivity index (χ1n) is 8.09. The Bertz CT molecular complexity index is 755. The molecule has 0 atom stereocenters. The van der Waals surface area contributed by atoms with E-state index in [2.05, 4.69) is 11.0 Å². The smallest absolute Gasteiger partial charge is 0.369 e. The molecule has 0 aliphatic carbocycles. The van der Waals surface area contributed by atoms with Crippen molar-refractivity contribution in [1.82, 2.24) is 4.90 Å². The Kier molecular flexibility index (Phi) is 4.95. The summed E-state index contributed by atoms with van der Waals surface area (Å²) in [4.78, 5) is 4.26. The molecule has 1 aliphatic heterocycles. The summed E-state index contributed by atoms with van der Waals surface area (Å²) in [5.41, 5.74) is 1.78. The van der Waals surface area contributed by atoms with Crippen molar-refractivity contribution in [2.24, 2.45) is 0 Å². The first-order valence-corrected chi connectivity index (χ1v) is 8.09. The van der Waals surface area contributed by atoms with E-state index in [1.165, 1.54) is 12.1 Å². The monoisotopic (exact) mass is 345 g/mol. The van der Waals surface area contributed by atoms with Gasteiger partial charge < -0.3 is 4.90 Å². The summed E-state index contributed by atoms with van der Waals surface area (Å²) in [6.45, 7) is 3.74. The molecule has 0 aromatic heterocycles. The highest BCUT2D eigenvalue weighted by atomic mass is 19.4. The average Bonchev–Trinajstić information content (AvgIpc) is 2.62. The number of rotatable bonds is 3. The summed E-state index contributed by atoms with van der Waals surface area (Å²) >= 11 is 0. The molecular formula is C19H18F3N3. The second-order valence-electron chi connectivity index (χ2n) is 6.12. The van der Waals surface area contributed by atoms with E-state index in [1.807, 2.05) is 17.0 Å². The van der Waals surface area contributed by atoms with Crippen molar-refractivity contribution in [3.05, 3.63) is 65.2 Å². The van der Waals surface area contributed by atoms with Gasteiger partial charge >= 0.3 is 6.18 Å². The van der Waals surface area contributed by atoms with Gasteiger partial charge in [-0.15, -0.1) is 0 Å². The lowest BCUT2D eigenvalue weighted by Crippen LogP contribution is -2.46. The van der Waals surface area contributed by atoms with Gasteiger partial charge in [-0.3, -0.25) is 4.90 Å². The number of piperazine rings is 1. The van der Waals surface area contributed by atoms with Crippen molar-refractivity contribution >= 4 is 5.69 Å². The van der Waals surface area contributed by atoms with Crippen LogP contribution in [0.4, 0.5) is 18.9 Å². The third kappa shape index (κ3) is 4.31. The van der Waals surface area contributed by atoms with Gasteiger partial charge in [-0.1, -0.05) is 18.2 Å². The molecule has 1 fully saturated rings. The van der Waals surface area contributed by atoms with Gasteiger partial charge in [0.15, 0.2) is 0 Å². The maximum Gasteiger partial charge on any atom is 0.416 e. The minimum Gasteiger partial charge on any atom is -0.369 e. The largest absolute Gasteiger partial charge is 0.416 e. The summed E-state index contributed by atoms with van der Waals surface area (Å²) in [5, 5.41) is 8.82. The van der Waals surface area contributed by atoms with Crippen LogP contribution < -0.4 is 4.90 Å². The number of halogens is 3. The number of hydrogen-bond donors (Lipinski definition) is 0. The van der Waals surface area contributed by atoms with Gasteiger partial charge in [0, 0.05) is 38.4 Å². The normalized spacial score (nSPS) is 15.8. The van der Waals surface area contributed by atoms with Gasteiger partial charge in [0.1, 0.15) is 0 Å². The molecule has 0 N–H and O–H groups in total. The Morgan fingerprint density at radius 3 is 2.24 bits per heavy atom. The molecule has 1 heterocycles. The van der Waals surface area contributed by atoms with E-state index < -0.39 is 11.7 Å². The molecule has 25 heavy (non-hydrogen) atoms. The number of anilines is 1. The predicted molar refractivity (Wildman–Crippen MR) is 90.1 cm³/mol. The number of nitriles is 1. The summed E-state index contributed by atoms with van der Waals surface area (Å²) in [5.74, 6) is 0. The third-order valence-corrected chi connectivity index (χ3v) is 4.40. The van der Waals surface area contributed by atoms with E-state index in [1.54, 1.807) is 18.2 Å². The van der Waals surface area contributed by atoms with Crippen molar-refractivity contribution in [3.8, 4) is 6.07 Å². The van der Waals surface area contributed by atoms with Gasteiger partial charge in [0.2, 0.25) is 0 Å². The fraction of sp³-hybridized carbons (Fsp3) is 0.316. The summed E-state index contributed by atoms with van der Waals surface area (Å²) in [6, 6.07) is 15.1. The van der Waals surface area contributed by atoms with Crippen LogP contribution >= 0.6 is 0 Å². The fourth-order valence-corrected chi connectivity index (χ4v) is 2.99. The second-order valence-corrected chi connectivity index (χ2v) is 6.12. The molecule has 0 unspecified atom stereocenters. The van der Waals surface area contributed by atoms with Crippen LogP contribution in [0.3, 0.4) is 0 Å². The molecule has 1 saturated heterocycles. The van der Waals surface area contributed by atoms with Crippen LogP contribution in [-0.4, -0.2) is 31.1 Å². The molecule has 130 valence electrons. The third-order valence-electron chi connectivity index (χ3n) is 4.40. The molecule has 0 radical (unpaired) electrons. The minimum atomic E-state index is -4.31. The fourth-order valence-electron chi connectivity index (χ4n) is 2.99. The van der Waals surface area contributed by atoms with Crippen LogP contribution in [0.5, 0.6) is 0 Å². The maximum atomic E-state index is 12.8. The quantitative estimate of drug-likeness (QED) is 0.845. The van der Waals surface area contributed by atoms with Gasteiger partial charge in [-0.25, -0.2) is 0 Å². The van der Waals surface area contributed by atoms with E-state index in [0.717, 1.165) is 31.3 Å². The molecule has 3 nitrogen and oxygen atoms in total. The van der Waals surface area contributed by atoms with E-state index in [9.17, 15) is 13.2 Å². The van der Waals surface area contributed by atoms with Gasteiger partial charge in [0.25, 0.3) is 0 Å². The molecule has 1 aliphatic rings. The molecule has 0 spiro atoms. The molecule has 0 saturated carbocycles. The predicted octanol–water partition coefficient (Wildman–Crippen LogP) is 3.90. The van der Waals surface area contributed by atoms with Crippen molar-refractivity contribution < 1.29 is 13.2 Å². The average molecular weight is 345 g/mol. The SMILES string of the molecule is N#Cc1ccc(CN2CCN(c3cccc(C(F)(F)F)c3)CC2)cc1. The van der Waals surface area contributed by atoms with Crippen LogP contribution in [0, 0.1) is 11.3 Å². The Morgan fingerprint density at radius 2 is 1.64 bits per heavy atom. The maximum absolute atomic E-state index is 12.8. The van der Waals surface area contributed by atoms with Gasteiger partial charge in [0.05, 0.1) is 17.2 Å². The van der Waals surface area contributed by atoms with E-state index in [4.69, 9.17) is 5.26 Å². The van der Waals surface area contributed by atoms with E-state index in [0.29, 0.717) is 24.3 Å². The summed E-state index contributed by atoms with van der Waals surface area (Å²) in [6.07, 6.45) is -4.31. The minimum absolute atomic E-state index is 0.606. The molecule has 6 heteroatoms. The van der Waals surface area contributed by atoms with Crippen LogP contribution in [0.1, 0.15) is 16.7 Å². The molecule has 2 aromatic carbocycles. The van der Waals surface area contributed by atoms with Crippen molar-refractivity contribution in [2.45, 2.75) is 12.7 Å². The molecular weight excluding hydrogens is 327 g/mol. The van der Waals surface area contributed by atoms with Crippen molar-refractivity contribution in [3.63, 3.8) is 0 Å². The first-order chi connectivity index (χ1) is 12.0. The topological polar surface area (TPSA) is 30.3 Å². The first kappa shape index (κ1) is 17.3. The number of benzene rings is 2. The number of nitrogens with zero attached hydrogens (tertiary/aromatic N) is 3. The van der Waals surface area contributed by atoms with Crippen molar-refractivity contribution in [1.29, 1.82) is 5.26 Å². The highest BCUT2D eigenvalue weighted by Crippen LogP contribution is 2.31. The number of alkyl halides is 3. The Labute approximate surface area is 144 Å². The zero-order valence-electron chi connectivity index (χ0n) is 13.6. The van der Waals surface area contributed by atoms with Crippen LogP contribution in [0.25, 0.3) is 0 Å².